The van der Waals surface area contributed by atoms with E-state index < -0.39 is 19.2 Å². The van der Waals surface area contributed by atoms with Gasteiger partial charge in [0.2, 0.25) is 0 Å². The van der Waals surface area contributed by atoms with Crippen LogP contribution in [0.1, 0.15) is 18.4 Å². The molecule has 1 atom stereocenters. The van der Waals surface area contributed by atoms with Crippen LogP contribution in [0.5, 0.6) is 0 Å². The fourth-order valence-electron chi connectivity index (χ4n) is 1.74. The molecule has 1 fully saturated rings. The average molecular weight is 284 g/mol. The molecule has 1 aliphatic rings. The molecule has 19 heavy (non-hydrogen) atoms. The summed E-state index contributed by atoms with van der Waals surface area (Å²) < 4.78 is 27.5. The predicted octanol–water partition coefficient (Wildman–Crippen LogP) is 2.75. The van der Waals surface area contributed by atoms with Crippen molar-refractivity contribution >= 4 is 13.6 Å². The van der Waals surface area contributed by atoms with Crippen molar-refractivity contribution in [2.75, 3.05) is 13.8 Å². The van der Waals surface area contributed by atoms with Gasteiger partial charge in [0.1, 0.15) is 0 Å². The molecule has 0 bridgehead atoms. The second-order valence-electron chi connectivity index (χ2n) is 4.61. The number of hydrogen-bond acceptors (Lipinski definition) is 5. The molecule has 2 rings (SSSR count). The van der Waals surface area contributed by atoms with E-state index in [1.807, 2.05) is 30.3 Å². The summed E-state index contributed by atoms with van der Waals surface area (Å²) in [4.78, 5) is 11.5. The van der Waals surface area contributed by atoms with Crippen molar-refractivity contribution in [3.8, 4) is 0 Å². The van der Waals surface area contributed by atoms with Gasteiger partial charge in [-0.25, -0.2) is 4.79 Å². The van der Waals surface area contributed by atoms with E-state index in [2.05, 4.69) is 4.74 Å². The molecule has 1 aliphatic carbocycles. The topological polar surface area (TPSA) is 61.8 Å². The number of carbonyl (C=O) groups excluding carboxylic acids is 1. The predicted molar refractivity (Wildman–Crippen MR) is 69.8 cm³/mol. The van der Waals surface area contributed by atoms with Gasteiger partial charge in [0.05, 0.1) is 13.7 Å². The van der Waals surface area contributed by atoms with Crippen LogP contribution in [0.2, 0.25) is 0 Å². The third kappa shape index (κ3) is 3.66. The molecule has 0 amide bonds. The van der Waals surface area contributed by atoms with E-state index in [1.165, 1.54) is 13.8 Å². The number of rotatable bonds is 6. The lowest BCUT2D eigenvalue weighted by Gasteiger charge is -2.20. The number of ether oxygens (including phenoxy) is 1. The van der Waals surface area contributed by atoms with Crippen LogP contribution in [-0.4, -0.2) is 25.3 Å². The van der Waals surface area contributed by atoms with Gasteiger partial charge in [0.25, 0.3) is 0 Å². The van der Waals surface area contributed by atoms with Gasteiger partial charge in [-0.2, -0.15) is 0 Å². The first kappa shape index (κ1) is 14.3. The zero-order valence-electron chi connectivity index (χ0n) is 11.0. The molecule has 0 radical (unpaired) electrons. The van der Waals surface area contributed by atoms with E-state index in [0.29, 0.717) is 12.8 Å². The Morgan fingerprint density at radius 2 is 1.95 bits per heavy atom. The first-order chi connectivity index (χ1) is 8.97. The summed E-state index contributed by atoms with van der Waals surface area (Å²) in [5.74, 6) is -0.488. The summed E-state index contributed by atoms with van der Waals surface area (Å²) in [7, 11) is -2.00. The van der Waals surface area contributed by atoms with E-state index in [-0.39, 0.29) is 6.61 Å². The molecule has 104 valence electrons. The Kier molecular flexibility index (Phi) is 4.09. The van der Waals surface area contributed by atoms with Crippen molar-refractivity contribution in [1.82, 2.24) is 0 Å². The summed E-state index contributed by atoms with van der Waals surface area (Å²) in [5, 5.41) is 0. The molecule has 0 N–H and O–H groups in total. The Morgan fingerprint density at radius 3 is 2.47 bits per heavy atom. The van der Waals surface area contributed by atoms with Crippen molar-refractivity contribution in [2.45, 2.75) is 25.0 Å². The Labute approximate surface area is 112 Å². The van der Waals surface area contributed by atoms with Gasteiger partial charge in [-0.15, -0.1) is 0 Å². The molecule has 1 aromatic rings. The van der Waals surface area contributed by atoms with Crippen LogP contribution in [0.25, 0.3) is 0 Å². The Hall–Kier alpha value is -1.16. The number of methoxy groups -OCH3 is 1. The van der Waals surface area contributed by atoms with Crippen LogP contribution in [0, 0.1) is 0 Å². The Balaban J connectivity index is 1.92. The Bertz CT molecular complexity index is 495. The van der Waals surface area contributed by atoms with Crippen LogP contribution >= 0.6 is 7.60 Å². The monoisotopic (exact) mass is 284 g/mol. The largest absolute Gasteiger partial charge is 0.467 e. The first-order valence-electron chi connectivity index (χ1n) is 6.03. The number of esters is 1. The first-order valence-corrected chi connectivity index (χ1v) is 8.02. The van der Waals surface area contributed by atoms with Gasteiger partial charge in [0.15, 0.2) is 5.60 Å². The highest BCUT2D eigenvalue weighted by Gasteiger charge is 2.56. The lowest BCUT2D eigenvalue weighted by Crippen LogP contribution is -2.26. The molecule has 1 aromatic carbocycles. The summed E-state index contributed by atoms with van der Waals surface area (Å²) >= 11 is 0. The van der Waals surface area contributed by atoms with Crippen LogP contribution in [0.4, 0.5) is 0 Å². The number of carbonyl (C=O) groups is 1. The molecular formula is C13H17O5P. The van der Waals surface area contributed by atoms with Crippen LogP contribution < -0.4 is 0 Å². The van der Waals surface area contributed by atoms with Crippen molar-refractivity contribution in [3.63, 3.8) is 0 Å². The molecule has 0 heterocycles. The van der Waals surface area contributed by atoms with Crippen molar-refractivity contribution in [2.24, 2.45) is 0 Å². The third-order valence-electron chi connectivity index (χ3n) is 2.91. The minimum absolute atomic E-state index is 0.186. The van der Waals surface area contributed by atoms with Crippen LogP contribution in [-0.2, 0) is 29.8 Å². The molecule has 5 nitrogen and oxygen atoms in total. The molecule has 1 saturated carbocycles. The van der Waals surface area contributed by atoms with Gasteiger partial charge in [-0.1, -0.05) is 30.3 Å². The number of benzene rings is 1. The average Bonchev–Trinajstić information content (AvgIpc) is 3.17. The van der Waals surface area contributed by atoms with Crippen LogP contribution in [0.15, 0.2) is 30.3 Å². The zero-order valence-corrected chi connectivity index (χ0v) is 11.9. The summed E-state index contributed by atoms with van der Waals surface area (Å²) in [5.41, 5.74) is -0.161. The molecule has 0 aromatic heterocycles. The second kappa shape index (κ2) is 5.45. The highest BCUT2D eigenvalue weighted by Crippen LogP contribution is 2.56. The minimum atomic E-state index is -3.28. The van der Waals surface area contributed by atoms with Gasteiger partial charge >= 0.3 is 13.6 Å². The van der Waals surface area contributed by atoms with Gasteiger partial charge in [-0.3, -0.25) is 9.09 Å². The smallest absolute Gasteiger partial charge is 0.338 e. The van der Waals surface area contributed by atoms with Gasteiger partial charge in [-0.05, 0) is 18.4 Å². The lowest BCUT2D eigenvalue weighted by atomic mass is 10.2. The molecular weight excluding hydrogens is 267 g/mol. The highest BCUT2D eigenvalue weighted by molar-refractivity contribution is 7.53. The van der Waals surface area contributed by atoms with Crippen LogP contribution in [0.3, 0.4) is 0 Å². The van der Waals surface area contributed by atoms with E-state index >= 15 is 0 Å². The van der Waals surface area contributed by atoms with Crippen molar-refractivity contribution in [1.29, 1.82) is 0 Å². The number of hydrogen-bond donors (Lipinski definition) is 0. The van der Waals surface area contributed by atoms with E-state index in [9.17, 15) is 9.36 Å². The zero-order chi connectivity index (χ0) is 13.9. The summed E-state index contributed by atoms with van der Waals surface area (Å²) in [6, 6.07) is 9.37. The van der Waals surface area contributed by atoms with Crippen molar-refractivity contribution < 1.29 is 23.1 Å². The fraction of sp³-hybridized carbons (Fsp3) is 0.462. The maximum Gasteiger partial charge on any atom is 0.338 e. The maximum atomic E-state index is 12.2. The Morgan fingerprint density at radius 1 is 1.32 bits per heavy atom. The summed E-state index contributed by atoms with van der Waals surface area (Å²) in [6.07, 6.45) is 1.04. The van der Waals surface area contributed by atoms with Crippen molar-refractivity contribution in [3.05, 3.63) is 35.9 Å². The van der Waals surface area contributed by atoms with E-state index in [1.54, 1.807) is 0 Å². The quantitative estimate of drug-likeness (QED) is 0.593. The van der Waals surface area contributed by atoms with E-state index in [0.717, 1.165) is 5.56 Å². The summed E-state index contributed by atoms with van der Waals surface area (Å²) in [6.45, 7) is 1.56. The fourth-order valence-corrected chi connectivity index (χ4v) is 3.07. The molecule has 0 aliphatic heterocycles. The van der Waals surface area contributed by atoms with E-state index in [4.69, 9.17) is 9.05 Å². The maximum absolute atomic E-state index is 12.2. The highest BCUT2D eigenvalue weighted by atomic mass is 31.2. The molecule has 1 unspecified atom stereocenters. The second-order valence-corrected chi connectivity index (χ2v) is 6.59. The standard InChI is InChI=1S/C13H17O5P/c1-16-12(14)13(8-9-13)18-19(2,15)17-10-11-6-4-3-5-7-11/h3-7H,8-10H2,1-2H3. The normalized spacial score (nSPS) is 19.5. The van der Waals surface area contributed by atoms with Gasteiger partial charge in [0, 0.05) is 6.66 Å². The van der Waals surface area contributed by atoms with Gasteiger partial charge < -0.3 is 9.26 Å². The SMILES string of the molecule is COC(=O)C1(OP(C)(=O)OCc2ccccc2)CC1. The third-order valence-corrected chi connectivity index (χ3v) is 4.19. The lowest BCUT2D eigenvalue weighted by molar-refractivity contribution is -0.151. The minimum Gasteiger partial charge on any atom is -0.467 e. The molecule has 0 saturated heterocycles. The molecule has 0 spiro atoms. The molecule has 6 heteroatoms.